The molecular weight excluding hydrogens is 332 g/mol. The van der Waals surface area contributed by atoms with Crippen LogP contribution in [-0.4, -0.2) is 48.2 Å². The van der Waals surface area contributed by atoms with Crippen molar-refractivity contribution in [2.75, 3.05) is 38.3 Å². The zero-order valence-corrected chi connectivity index (χ0v) is 15.2. The zero-order valence-electron chi connectivity index (χ0n) is 14.4. The molecule has 1 aliphatic rings. The minimum absolute atomic E-state index is 0.797. The third kappa shape index (κ3) is 3.98. The lowest BCUT2D eigenvalue weighted by atomic mass is 10.1. The van der Waals surface area contributed by atoms with Crippen molar-refractivity contribution in [3.8, 4) is 0 Å². The molecular formula is C19H22N4OS. The standard InChI is InChI=1S/C19H22N4OS/c1-22(13-15-4-5-18-16(11-15)3-2-6-20-18)14-17-12-21-19(25-17)23-7-9-24-10-8-23/h2-6,11-12H,7-10,13-14H2,1H3. The summed E-state index contributed by atoms with van der Waals surface area (Å²) in [7, 11) is 2.15. The van der Waals surface area contributed by atoms with Crippen molar-refractivity contribution in [1.82, 2.24) is 14.9 Å². The molecule has 0 bridgehead atoms. The lowest BCUT2D eigenvalue weighted by Crippen LogP contribution is -2.36. The molecule has 0 N–H and O–H groups in total. The molecule has 1 aromatic carbocycles. The average molecular weight is 354 g/mol. The molecule has 2 aromatic heterocycles. The molecule has 0 amide bonds. The Kier molecular flexibility index (Phi) is 4.92. The maximum Gasteiger partial charge on any atom is 0.185 e. The Morgan fingerprint density at radius 3 is 2.92 bits per heavy atom. The van der Waals surface area contributed by atoms with Gasteiger partial charge in [-0.1, -0.05) is 12.1 Å². The molecule has 0 radical (unpaired) electrons. The van der Waals surface area contributed by atoms with E-state index in [0.717, 1.165) is 50.0 Å². The number of ether oxygens (including phenoxy) is 1. The van der Waals surface area contributed by atoms with Crippen molar-refractivity contribution >= 4 is 27.4 Å². The molecule has 0 aliphatic carbocycles. The number of aromatic nitrogens is 2. The number of nitrogens with zero attached hydrogens (tertiary/aromatic N) is 4. The highest BCUT2D eigenvalue weighted by molar-refractivity contribution is 7.15. The molecule has 0 spiro atoms. The summed E-state index contributed by atoms with van der Waals surface area (Å²) in [6.07, 6.45) is 3.85. The van der Waals surface area contributed by atoms with Gasteiger partial charge in [-0.15, -0.1) is 11.3 Å². The zero-order chi connectivity index (χ0) is 17.1. The minimum atomic E-state index is 0.797. The van der Waals surface area contributed by atoms with Crippen LogP contribution in [-0.2, 0) is 17.8 Å². The molecule has 0 unspecified atom stereocenters. The van der Waals surface area contributed by atoms with E-state index in [1.54, 1.807) is 11.3 Å². The smallest absolute Gasteiger partial charge is 0.185 e. The summed E-state index contributed by atoms with van der Waals surface area (Å²) in [6.45, 7) is 5.29. The summed E-state index contributed by atoms with van der Waals surface area (Å²) < 4.78 is 5.41. The van der Waals surface area contributed by atoms with Gasteiger partial charge in [0, 0.05) is 48.8 Å². The molecule has 0 atom stereocenters. The molecule has 5 nitrogen and oxygen atoms in total. The number of pyridine rings is 1. The van der Waals surface area contributed by atoms with E-state index in [2.05, 4.69) is 51.1 Å². The van der Waals surface area contributed by atoms with Gasteiger partial charge in [0.1, 0.15) is 0 Å². The van der Waals surface area contributed by atoms with Gasteiger partial charge in [-0.3, -0.25) is 9.88 Å². The van der Waals surface area contributed by atoms with Gasteiger partial charge in [-0.05, 0) is 30.8 Å². The number of thiazole rings is 1. The number of hydrogen-bond acceptors (Lipinski definition) is 6. The number of fused-ring (bicyclic) bond motifs is 1. The number of hydrogen-bond donors (Lipinski definition) is 0. The van der Waals surface area contributed by atoms with Crippen molar-refractivity contribution in [3.05, 3.63) is 53.2 Å². The fourth-order valence-corrected chi connectivity index (χ4v) is 4.17. The highest BCUT2D eigenvalue weighted by Crippen LogP contribution is 2.24. The van der Waals surface area contributed by atoms with Gasteiger partial charge in [0.05, 0.1) is 18.7 Å². The van der Waals surface area contributed by atoms with Crippen LogP contribution in [0.5, 0.6) is 0 Å². The monoisotopic (exact) mass is 354 g/mol. The Labute approximate surface area is 151 Å². The highest BCUT2D eigenvalue weighted by atomic mass is 32.1. The van der Waals surface area contributed by atoms with Crippen molar-refractivity contribution in [2.45, 2.75) is 13.1 Å². The topological polar surface area (TPSA) is 41.5 Å². The molecule has 3 aromatic rings. The van der Waals surface area contributed by atoms with Crippen LogP contribution in [0.1, 0.15) is 10.4 Å². The SMILES string of the molecule is CN(Cc1ccc2ncccc2c1)Cc1cnc(N2CCOCC2)s1. The Bertz CT molecular complexity index is 844. The van der Waals surface area contributed by atoms with Gasteiger partial charge >= 0.3 is 0 Å². The van der Waals surface area contributed by atoms with E-state index >= 15 is 0 Å². The fraction of sp³-hybridized carbons (Fsp3) is 0.368. The highest BCUT2D eigenvalue weighted by Gasteiger charge is 2.15. The van der Waals surface area contributed by atoms with Crippen LogP contribution < -0.4 is 4.90 Å². The third-order valence-corrected chi connectivity index (χ3v) is 5.41. The number of rotatable bonds is 5. The minimum Gasteiger partial charge on any atom is -0.378 e. The Balaban J connectivity index is 1.39. The van der Waals surface area contributed by atoms with E-state index in [9.17, 15) is 0 Å². The second-order valence-electron chi connectivity index (χ2n) is 6.41. The van der Waals surface area contributed by atoms with Crippen LogP contribution in [0.25, 0.3) is 10.9 Å². The normalized spacial score (nSPS) is 15.2. The van der Waals surface area contributed by atoms with Crippen molar-refractivity contribution < 1.29 is 4.74 Å². The van der Waals surface area contributed by atoms with Gasteiger partial charge in [-0.25, -0.2) is 4.98 Å². The molecule has 3 heterocycles. The number of benzene rings is 1. The molecule has 25 heavy (non-hydrogen) atoms. The van der Waals surface area contributed by atoms with Crippen molar-refractivity contribution in [2.24, 2.45) is 0 Å². The van der Waals surface area contributed by atoms with Gasteiger partial charge in [-0.2, -0.15) is 0 Å². The molecule has 1 saturated heterocycles. The van der Waals surface area contributed by atoms with E-state index in [4.69, 9.17) is 4.74 Å². The first-order valence-corrected chi connectivity index (χ1v) is 9.39. The average Bonchev–Trinajstić information content (AvgIpc) is 3.10. The summed E-state index contributed by atoms with van der Waals surface area (Å²) in [5.74, 6) is 0. The summed E-state index contributed by atoms with van der Waals surface area (Å²) in [5, 5.41) is 2.31. The van der Waals surface area contributed by atoms with Crippen LogP contribution in [0.4, 0.5) is 5.13 Å². The summed E-state index contributed by atoms with van der Waals surface area (Å²) in [5.41, 5.74) is 2.35. The fourth-order valence-electron chi connectivity index (χ4n) is 3.13. The summed E-state index contributed by atoms with van der Waals surface area (Å²) >= 11 is 1.79. The second-order valence-corrected chi connectivity index (χ2v) is 7.50. The second kappa shape index (κ2) is 7.47. The van der Waals surface area contributed by atoms with E-state index < -0.39 is 0 Å². The maximum atomic E-state index is 5.41. The van der Waals surface area contributed by atoms with Gasteiger partial charge in [0.25, 0.3) is 0 Å². The van der Waals surface area contributed by atoms with Gasteiger partial charge in [0.2, 0.25) is 0 Å². The Hall–Kier alpha value is -2.02. The predicted molar refractivity (Wildman–Crippen MR) is 102 cm³/mol. The van der Waals surface area contributed by atoms with Crippen LogP contribution in [0.2, 0.25) is 0 Å². The first-order chi connectivity index (χ1) is 12.3. The summed E-state index contributed by atoms with van der Waals surface area (Å²) in [6, 6.07) is 10.6. The number of anilines is 1. The molecule has 1 fully saturated rings. The maximum absolute atomic E-state index is 5.41. The molecule has 130 valence electrons. The van der Waals surface area contributed by atoms with Gasteiger partial charge < -0.3 is 9.64 Å². The van der Waals surface area contributed by atoms with Crippen molar-refractivity contribution in [1.29, 1.82) is 0 Å². The first-order valence-electron chi connectivity index (χ1n) is 8.57. The third-order valence-electron chi connectivity index (χ3n) is 4.37. The van der Waals surface area contributed by atoms with E-state index in [-0.39, 0.29) is 0 Å². The summed E-state index contributed by atoms with van der Waals surface area (Å²) in [4.78, 5) is 14.9. The van der Waals surface area contributed by atoms with Crippen LogP contribution in [0, 0.1) is 0 Å². The largest absolute Gasteiger partial charge is 0.378 e. The molecule has 1 aliphatic heterocycles. The van der Waals surface area contributed by atoms with Crippen molar-refractivity contribution in [3.63, 3.8) is 0 Å². The lowest BCUT2D eigenvalue weighted by Gasteiger charge is -2.26. The quantitative estimate of drug-likeness (QED) is 0.704. The van der Waals surface area contributed by atoms with Crippen LogP contribution in [0.15, 0.2) is 42.7 Å². The van der Waals surface area contributed by atoms with E-state index in [1.165, 1.54) is 15.8 Å². The van der Waals surface area contributed by atoms with E-state index in [1.807, 2.05) is 18.5 Å². The van der Waals surface area contributed by atoms with E-state index in [0.29, 0.717) is 0 Å². The molecule has 0 saturated carbocycles. The molecule has 6 heteroatoms. The predicted octanol–water partition coefficient (Wildman–Crippen LogP) is 3.16. The van der Waals surface area contributed by atoms with Crippen LogP contribution >= 0.6 is 11.3 Å². The molecule has 4 rings (SSSR count). The lowest BCUT2D eigenvalue weighted by molar-refractivity contribution is 0.122. The Morgan fingerprint density at radius 2 is 2.04 bits per heavy atom. The van der Waals surface area contributed by atoms with Crippen LogP contribution in [0.3, 0.4) is 0 Å². The van der Waals surface area contributed by atoms with Gasteiger partial charge in [0.15, 0.2) is 5.13 Å². The number of morpholine rings is 1. The first kappa shape index (κ1) is 16.4. The Morgan fingerprint density at radius 1 is 1.16 bits per heavy atom.